The molecule has 0 saturated heterocycles. The van der Waals surface area contributed by atoms with Gasteiger partial charge in [-0.15, -0.1) is 0 Å². The van der Waals surface area contributed by atoms with E-state index in [1.165, 1.54) is 0 Å². The highest BCUT2D eigenvalue weighted by atomic mass is 19.1. The fourth-order valence-corrected chi connectivity index (χ4v) is 1.92. The quantitative estimate of drug-likeness (QED) is 0.863. The fraction of sp³-hybridized carbons (Fsp3) is 0.333. The molecule has 1 fully saturated rings. The maximum Gasteiger partial charge on any atom is 0.329 e. The van der Waals surface area contributed by atoms with E-state index in [2.05, 4.69) is 5.32 Å². The topological polar surface area (TPSA) is 66.4 Å². The van der Waals surface area contributed by atoms with Crippen molar-refractivity contribution in [3.8, 4) is 0 Å². The first-order valence-corrected chi connectivity index (χ1v) is 5.46. The molecule has 0 heterocycles. The van der Waals surface area contributed by atoms with Crippen LogP contribution in [0.5, 0.6) is 0 Å². The Labute approximate surface area is 102 Å². The second kappa shape index (κ2) is 4.36. The molecule has 1 saturated carbocycles. The number of carboxylic acids is 1. The number of carbonyl (C=O) groups excluding carboxylic acids is 1. The molecule has 1 aromatic carbocycles. The first-order valence-electron chi connectivity index (χ1n) is 5.46. The van der Waals surface area contributed by atoms with Gasteiger partial charge < -0.3 is 10.4 Å². The summed E-state index contributed by atoms with van der Waals surface area (Å²) in [5, 5.41) is 11.2. The highest BCUT2D eigenvalue weighted by molar-refractivity contribution is 5.98. The molecule has 0 aromatic heterocycles. The smallest absolute Gasteiger partial charge is 0.329 e. The third-order valence-corrected chi connectivity index (χ3v) is 3.16. The number of hydrogen-bond donors (Lipinski definition) is 2. The molecule has 2 rings (SSSR count). The monoisotopic (exact) mass is 255 g/mol. The lowest BCUT2D eigenvalue weighted by Crippen LogP contribution is -2.59. The zero-order valence-electron chi connectivity index (χ0n) is 9.37. The molecule has 96 valence electrons. The van der Waals surface area contributed by atoms with E-state index in [-0.39, 0.29) is 12.8 Å². The van der Waals surface area contributed by atoms with Gasteiger partial charge in [0.05, 0.1) is 0 Å². The number of rotatable bonds is 3. The molecule has 1 aliphatic carbocycles. The molecule has 0 radical (unpaired) electrons. The molecule has 1 aliphatic rings. The van der Waals surface area contributed by atoms with Gasteiger partial charge in [0.25, 0.3) is 5.91 Å². The van der Waals surface area contributed by atoms with Crippen molar-refractivity contribution in [2.75, 3.05) is 0 Å². The largest absolute Gasteiger partial charge is 0.480 e. The minimum absolute atomic E-state index is 0.268. The summed E-state index contributed by atoms with van der Waals surface area (Å²) in [6, 6.07) is 3.04. The van der Waals surface area contributed by atoms with Gasteiger partial charge in [-0.1, -0.05) is 6.07 Å². The molecule has 1 aromatic rings. The van der Waals surface area contributed by atoms with Gasteiger partial charge in [0.1, 0.15) is 22.7 Å². The van der Waals surface area contributed by atoms with Gasteiger partial charge in [0, 0.05) is 0 Å². The van der Waals surface area contributed by atoms with E-state index in [9.17, 15) is 18.4 Å². The standard InChI is InChI=1S/C12H11F2NO3/c13-7-3-1-4-8(14)9(7)10(16)15-12(11(17)18)5-2-6-12/h1,3-4H,2,5-6H2,(H,15,16)(H,17,18). The summed E-state index contributed by atoms with van der Waals surface area (Å²) in [6.07, 6.45) is 1.20. The van der Waals surface area contributed by atoms with E-state index < -0.39 is 34.6 Å². The van der Waals surface area contributed by atoms with Crippen LogP contribution in [0.15, 0.2) is 18.2 Å². The normalized spacial score (nSPS) is 16.8. The molecular weight excluding hydrogens is 244 g/mol. The number of aliphatic carboxylic acids is 1. The molecule has 6 heteroatoms. The van der Waals surface area contributed by atoms with Gasteiger partial charge >= 0.3 is 5.97 Å². The zero-order valence-corrected chi connectivity index (χ0v) is 9.37. The summed E-state index contributed by atoms with van der Waals surface area (Å²) < 4.78 is 26.7. The molecule has 0 atom stereocenters. The number of hydrogen-bond acceptors (Lipinski definition) is 2. The van der Waals surface area contributed by atoms with Crippen molar-refractivity contribution in [1.29, 1.82) is 0 Å². The Balaban J connectivity index is 2.25. The van der Waals surface area contributed by atoms with Crippen LogP contribution in [0.25, 0.3) is 0 Å². The molecular formula is C12H11F2NO3. The number of benzene rings is 1. The van der Waals surface area contributed by atoms with Crippen LogP contribution in [-0.2, 0) is 4.79 Å². The zero-order chi connectivity index (χ0) is 13.3. The summed E-state index contributed by atoms with van der Waals surface area (Å²) in [7, 11) is 0. The number of nitrogens with one attached hydrogen (secondary N) is 1. The van der Waals surface area contributed by atoms with Crippen LogP contribution in [0.4, 0.5) is 8.78 Å². The second-order valence-electron chi connectivity index (χ2n) is 4.29. The summed E-state index contributed by atoms with van der Waals surface area (Å²) in [6.45, 7) is 0. The van der Waals surface area contributed by atoms with Crippen LogP contribution in [0, 0.1) is 11.6 Å². The Morgan fingerprint density at radius 3 is 2.17 bits per heavy atom. The number of halogens is 2. The van der Waals surface area contributed by atoms with E-state index in [0.29, 0.717) is 6.42 Å². The fourth-order valence-electron chi connectivity index (χ4n) is 1.92. The highest BCUT2D eigenvalue weighted by Gasteiger charge is 2.46. The molecule has 0 unspecified atom stereocenters. The predicted molar refractivity (Wildman–Crippen MR) is 58.0 cm³/mol. The van der Waals surface area contributed by atoms with E-state index >= 15 is 0 Å². The molecule has 0 bridgehead atoms. The first kappa shape index (κ1) is 12.5. The number of amides is 1. The van der Waals surface area contributed by atoms with E-state index in [4.69, 9.17) is 5.11 Å². The van der Waals surface area contributed by atoms with Crippen molar-refractivity contribution < 1.29 is 23.5 Å². The maximum absolute atomic E-state index is 13.4. The van der Waals surface area contributed by atoms with Crippen molar-refractivity contribution in [2.45, 2.75) is 24.8 Å². The Kier molecular flexibility index (Phi) is 3.02. The summed E-state index contributed by atoms with van der Waals surface area (Å²) in [4.78, 5) is 22.8. The Morgan fingerprint density at radius 1 is 1.22 bits per heavy atom. The lowest BCUT2D eigenvalue weighted by molar-refractivity contribution is -0.148. The third-order valence-electron chi connectivity index (χ3n) is 3.16. The van der Waals surface area contributed by atoms with Gasteiger partial charge in [-0.3, -0.25) is 4.79 Å². The van der Waals surface area contributed by atoms with Crippen molar-refractivity contribution in [1.82, 2.24) is 5.32 Å². The van der Waals surface area contributed by atoms with Crippen molar-refractivity contribution in [2.24, 2.45) is 0 Å². The van der Waals surface area contributed by atoms with Gasteiger partial charge in [-0.05, 0) is 31.4 Å². The van der Waals surface area contributed by atoms with E-state index in [1.54, 1.807) is 0 Å². The Morgan fingerprint density at radius 2 is 1.78 bits per heavy atom. The summed E-state index contributed by atoms with van der Waals surface area (Å²) in [5.41, 5.74) is -2.13. The minimum Gasteiger partial charge on any atom is -0.480 e. The van der Waals surface area contributed by atoms with Crippen LogP contribution in [0.3, 0.4) is 0 Å². The van der Waals surface area contributed by atoms with E-state index in [0.717, 1.165) is 18.2 Å². The molecule has 0 aliphatic heterocycles. The summed E-state index contributed by atoms with van der Waals surface area (Å²) in [5.74, 6) is -4.23. The number of carbonyl (C=O) groups is 2. The van der Waals surface area contributed by atoms with Crippen LogP contribution >= 0.6 is 0 Å². The maximum atomic E-state index is 13.4. The SMILES string of the molecule is O=C(NC1(C(=O)O)CCC1)c1c(F)cccc1F. The molecule has 1 amide bonds. The number of carboxylic acid groups (broad SMARTS) is 1. The second-order valence-corrected chi connectivity index (χ2v) is 4.29. The van der Waals surface area contributed by atoms with Crippen LogP contribution in [0.1, 0.15) is 29.6 Å². The van der Waals surface area contributed by atoms with Crippen molar-refractivity contribution in [3.05, 3.63) is 35.4 Å². The Hall–Kier alpha value is -1.98. The average Bonchev–Trinajstić information content (AvgIpc) is 2.22. The van der Waals surface area contributed by atoms with Crippen LogP contribution in [-0.4, -0.2) is 22.5 Å². The molecule has 18 heavy (non-hydrogen) atoms. The van der Waals surface area contributed by atoms with Crippen LogP contribution in [0.2, 0.25) is 0 Å². The van der Waals surface area contributed by atoms with Crippen molar-refractivity contribution in [3.63, 3.8) is 0 Å². The minimum atomic E-state index is -1.38. The average molecular weight is 255 g/mol. The van der Waals surface area contributed by atoms with Gasteiger partial charge in [0.2, 0.25) is 0 Å². The summed E-state index contributed by atoms with van der Waals surface area (Å²) >= 11 is 0. The highest BCUT2D eigenvalue weighted by Crippen LogP contribution is 2.32. The lowest BCUT2D eigenvalue weighted by atomic mass is 9.76. The van der Waals surface area contributed by atoms with Crippen molar-refractivity contribution >= 4 is 11.9 Å². The third kappa shape index (κ3) is 1.94. The first-order chi connectivity index (χ1) is 8.46. The van der Waals surface area contributed by atoms with Gasteiger partial charge in [-0.2, -0.15) is 0 Å². The van der Waals surface area contributed by atoms with Crippen LogP contribution < -0.4 is 5.32 Å². The molecule has 2 N–H and O–H groups in total. The molecule has 4 nitrogen and oxygen atoms in total. The Bertz CT molecular complexity index is 492. The van der Waals surface area contributed by atoms with Gasteiger partial charge in [-0.25, -0.2) is 13.6 Å². The van der Waals surface area contributed by atoms with Gasteiger partial charge in [0.15, 0.2) is 0 Å². The molecule has 0 spiro atoms. The predicted octanol–water partition coefficient (Wildman–Crippen LogP) is 1.70. The van der Waals surface area contributed by atoms with E-state index in [1.807, 2.05) is 0 Å². The lowest BCUT2D eigenvalue weighted by Gasteiger charge is -2.38.